The second-order valence-corrected chi connectivity index (χ2v) is 9.27. The van der Waals surface area contributed by atoms with Gasteiger partial charge in [0.05, 0.1) is 18.1 Å². The Morgan fingerprint density at radius 3 is 2.62 bits per heavy atom. The van der Waals surface area contributed by atoms with Crippen LogP contribution < -0.4 is 0 Å². The lowest BCUT2D eigenvalue weighted by atomic mass is 10.1. The third kappa shape index (κ3) is 5.18. The lowest BCUT2D eigenvalue weighted by molar-refractivity contribution is -0.146. The standard InChI is InChI=1S/C21H23N5O5S/c1-16-5-7-18(8-6-16)21-22-24-26(23-21)14-20(27)31-15-17-3-2-4-19(13-17)32(28,29)25-9-11-30-12-10-25/h2-8,13H,9-12,14-15H2,1H3. The van der Waals surface area contributed by atoms with Crippen molar-refractivity contribution >= 4 is 16.0 Å². The van der Waals surface area contributed by atoms with Crippen LogP contribution in [0.5, 0.6) is 0 Å². The molecule has 1 saturated heterocycles. The lowest BCUT2D eigenvalue weighted by Gasteiger charge is -2.26. The van der Waals surface area contributed by atoms with Gasteiger partial charge in [0, 0.05) is 18.7 Å². The summed E-state index contributed by atoms with van der Waals surface area (Å²) in [4.78, 5) is 13.5. The normalized spacial score (nSPS) is 14.9. The van der Waals surface area contributed by atoms with E-state index in [4.69, 9.17) is 9.47 Å². The summed E-state index contributed by atoms with van der Waals surface area (Å²) >= 11 is 0. The Balaban J connectivity index is 1.35. The van der Waals surface area contributed by atoms with E-state index in [9.17, 15) is 13.2 Å². The highest BCUT2D eigenvalue weighted by molar-refractivity contribution is 7.89. The summed E-state index contributed by atoms with van der Waals surface area (Å²) in [5, 5.41) is 12.1. The van der Waals surface area contributed by atoms with E-state index in [1.165, 1.54) is 16.4 Å². The summed E-state index contributed by atoms with van der Waals surface area (Å²) in [6, 6.07) is 14.0. The molecule has 1 fully saturated rings. The molecular formula is C21H23N5O5S. The van der Waals surface area contributed by atoms with Crippen LogP contribution in [0, 0.1) is 6.92 Å². The number of ether oxygens (including phenoxy) is 2. The van der Waals surface area contributed by atoms with E-state index in [1.54, 1.807) is 12.1 Å². The minimum atomic E-state index is -3.62. The summed E-state index contributed by atoms with van der Waals surface area (Å²) in [6.45, 7) is 3.10. The van der Waals surface area contributed by atoms with Crippen molar-refractivity contribution in [2.75, 3.05) is 26.3 Å². The predicted molar refractivity (Wildman–Crippen MR) is 114 cm³/mol. The maximum atomic E-state index is 12.8. The number of nitrogens with zero attached hydrogens (tertiary/aromatic N) is 5. The van der Waals surface area contributed by atoms with Crippen molar-refractivity contribution in [3.8, 4) is 11.4 Å². The van der Waals surface area contributed by atoms with Gasteiger partial charge in [-0.1, -0.05) is 42.0 Å². The van der Waals surface area contributed by atoms with Crippen LogP contribution in [0.4, 0.5) is 0 Å². The smallest absolute Gasteiger partial charge is 0.330 e. The molecule has 0 radical (unpaired) electrons. The quantitative estimate of drug-likeness (QED) is 0.489. The Labute approximate surface area is 185 Å². The van der Waals surface area contributed by atoms with Gasteiger partial charge >= 0.3 is 5.97 Å². The average molecular weight is 458 g/mol. The minimum Gasteiger partial charge on any atom is -0.459 e. The lowest BCUT2D eigenvalue weighted by Crippen LogP contribution is -2.40. The molecule has 1 aliphatic heterocycles. The second-order valence-electron chi connectivity index (χ2n) is 7.33. The van der Waals surface area contributed by atoms with Crippen molar-refractivity contribution in [2.45, 2.75) is 25.0 Å². The van der Waals surface area contributed by atoms with Crippen LogP contribution in [0.1, 0.15) is 11.1 Å². The molecule has 0 spiro atoms. The fourth-order valence-corrected chi connectivity index (χ4v) is 4.66. The van der Waals surface area contributed by atoms with Gasteiger partial charge in [0.15, 0.2) is 6.54 Å². The number of sulfonamides is 1. The molecule has 0 unspecified atom stereocenters. The zero-order chi connectivity index (χ0) is 22.6. The molecule has 0 aliphatic carbocycles. The summed E-state index contributed by atoms with van der Waals surface area (Å²) < 4.78 is 37.5. The van der Waals surface area contributed by atoms with E-state index < -0.39 is 16.0 Å². The third-order valence-corrected chi connectivity index (χ3v) is 6.83. The number of rotatable bonds is 7. The van der Waals surface area contributed by atoms with E-state index >= 15 is 0 Å². The Hall–Kier alpha value is -3.15. The Bertz CT molecular complexity index is 1190. The molecule has 2 aromatic carbocycles. The maximum absolute atomic E-state index is 12.8. The molecule has 0 saturated carbocycles. The first-order valence-corrected chi connectivity index (χ1v) is 11.5. The number of morpholine rings is 1. The van der Waals surface area contributed by atoms with E-state index in [0.29, 0.717) is 37.7 Å². The number of aryl methyl sites for hydroxylation is 1. The van der Waals surface area contributed by atoms with E-state index in [-0.39, 0.29) is 18.0 Å². The van der Waals surface area contributed by atoms with Crippen LogP contribution in [0.3, 0.4) is 0 Å². The molecule has 2 heterocycles. The first-order valence-electron chi connectivity index (χ1n) is 10.1. The second kappa shape index (κ2) is 9.55. The van der Waals surface area contributed by atoms with Gasteiger partial charge in [0.25, 0.3) is 0 Å². The number of tetrazole rings is 1. The van der Waals surface area contributed by atoms with Crippen LogP contribution >= 0.6 is 0 Å². The van der Waals surface area contributed by atoms with Gasteiger partial charge in [-0.05, 0) is 29.8 Å². The van der Waals surface area contributed by atoms with Crippen LogP contribution in [-0.2, 0) is 37.4 Å². The highest BCUT2D eigenvalue weighted by atomic mass is 32.2. The van der Waals surface area contributed by atoms with Crippen LogP contribution in [0.15, 0.2) is 53.4 Å². The van der Waals surface area contributed by atoms with Crippen LogP contribution in [-0.4, -0.2) is 65.2 Å². The topological polar surface area (TPSA) is 117 Å². The number of carbonyl (C=O) groups is 1. The molecule has 0 amide bonds. The van der Waals surface area contributed by atoms with Crippen molar-refractivity contribution in [3.63, 3.8) is 0 Å². The molecule has 0 bridgehead atoms. The Morgan fingerprint density at radius 2 is 1.88 bits per heavy atom. The number of aromatic nitrogens is 4. The molecule has 11 heteroatoms. The van der Waals surface area contributed by atoms with Gasteiger partial charge < -0.3 is 9.47 Å². The van der Waals surface area contributed by atoms with E-state index in [0.717, 1.165) is 15.9 Å². The van der Waals surface area contributed by atoms with E-state index in [1.807, 2.05) is 31.2 Å². The highest BCUT2D eigenvalue weighted by Gasteiger charge is 2.26. The predicted octanol–water partition coefficient (Wildman–Crippen LogP) is 1.41. The molecule has 10 nitrogen and oxygen atoms in total. The first-order chi connectivity index (χ1) is 15.4. The van der Waals surface area contributed by atoms with Crippen molar-refractivity contribution in [1.82, 2.24) is 24.5 Å². The molecule has 168 valence electrons. The molecular weight excluding hydrogens is 434 g/mol. The average Bonchev–Trinajstić information content (AvgIpc) is 3.27. The number of carbonyl (C=O) groups excluding carboxylic acids is 1. The Morgan fingerprint density at radius 1 is 1.12 bits per heavy atom. The minimum absolute atomic E-state index is 0.0647. The number of benzene rings is 2. The molecule has 4 rings (SSSR count). The van der Waals surface area contributed by atoms with E-state index in [2.05, 4.69) is 15.4 Å². The zero-order valence-corrected chi connectivity index (χ0v) is 18.4. The molecule has 1 aromatic heterocycles. The van der Waals surface area contributed by atoms with Gasteiger partial charge in [-0.3, -0.25) is 0 Å². The van der Waals surface area contributed by atoms with Crippen molar-refractivity contribution in [2.24, 2.45) is 0 Å². The molecule has 32 heavy (non-hydrogen) atoms. The molecule has 0 N–H and O–H groups in total. The van der Waals surface area contributed by atoms with Crippen LogP contribution in [0.2, 0.25) is 0 Å². The van der Waals surface area contributed by atoms with Crippen LogP contribution in [0.25, 0.3) is 11.4 Å². The fraction of sp³-hybridized carbons (Fsp3) is 0.333. The van der Waals surface area contributed by atoms with Gasteiger partial charge in [-0.25, -0.2) is 13.2 Å². The highest BCUT2D eigenvalue weighted by Crippen LogP contribution is 2.19. The van der Waals surface area contributed by atoms with Gasteiger partial charge in [-0.15, -0.1) is 10.2 Å². The Kier molecular flexibility index (Phi) is 6.58. The number of hydrogen-bond acceptors (Lipinski definition) is 8. The maximum Gasteiger partial charge on any atom is 0.330 e. The van der Waals surface area contributed by atoms with Gasteiger partial charge in [0.2, 0.25) is 15.8 Å². The zero-order valence-electron chi connectivity index (χ0n) is 17.5. The SMILES string of the molecule is Cc1ccc(-c2nnn(CC(=O)OCc3cccc(S(=O)(=O)N4CCOCC4)c3)n2)cc1. The number of esters is 1. The fourth-order valence-electron chi connectivity index (χ4n) is 3.19. The largest absolute Gasteiger partial charge is 0.459 e. The summed E-state index contributed by atoms with van der Waals surface area (Å²) in [5.74, 6) is -0.141. The summed E-state index contributed by atoms with van der Waals surface area (Å²) in [5.41, 5.74) is 2.49. The summed E-state index contributed by atoms with van der Waals surface area (Å²) in [7, 11) is -3.62. The van der Waals surface area contributed by atoms with Gasteiger partial charge in [-0.2, -0.15) is 9.10 Å². The summed E-state index contributed by atoms with van der Waals surface area (Å²) in [6.07, 6.45) is 0. The van der Waals surface area contributed by atoms with Crippen molar-refractivity contribution in [1.29, 1.82) is 0 Å². The molecule has 0 atom stereocenters. The molecule has 3 aromatic rings. The van der Waals surface area contributed by atoms with Crippen molar-refractivity contribution in [3.05, 3.63) is 59.7 Å². The monoisotopic (exact) mass is 457 g/mol. The first kappa shape index (κ1) is 22.1. The third-order valence-electron chi connectivity index (χ3n) is 4.94. The van der Waals surface area contributed by atoms with Gasteiger partial charge in [0.1, 0.15) is 6.61 Å². The molecule has 1 aliphatic rings. The van der Waals surface area contributed by atoms with Crippen molar-refractivity contribution < 1.29 is 22.7 Å². The number of hydrogen-bond donors (Lipinski definition) is 0.